The van der Waals surface area contributed by atoms with Gasteiger partial charge in [0.25, 0.3) is 5.91 Å². The summed E-state index contributed by atoms with van der Waals surface area (Å²) in [6, 6.07) is 1.84. The number of H-pyrrole nitrogens is 1. The van der Waals surface area contributed by atoms with Crippen LogP contribution in [0.3, 0.4) is 0 Å². The van der Waals surface area contributed by atoms with Crippen molar-refractivity contribution in [3.05, 3.63) is 11.8 Å². The average Bonchev–Trinajstić information content (AvgIpc) is 2.78. The molecule has 6 nitrogen and oxygen atoms in total. The molecule has 0 spiro atoms. The Hall–Kier alpha value is -1.40. The van der Waals surface area contributed by atoms with Gasteiger partial charge >= 0.3 is 0 Å². The van der Waals surface area contributed by atoms with E-state index in [0.29, 0.717) is 25.6 Å². The number of ether oxygens (including phenoxy) is 2. The summed E-state index contributed by atoms with van der Waals surface area (Å²) in [5.41, 5.74) is 1.02. The van der Waals surface area contributed by atoms with Gasteiger partial charge in [-0.2, -0.15) is 5.10 Å². The standard InChI is InChI=1S/C11H17N3O3/c1-2-3-8-6-10(14-13-8)12-11(15)9-7-16-4-5-17-9/h6,9H,2-5,7H2,1H3,(H2,12,13,14,15). The van der Waals surface area contributed by atoms with Gasteiger partial charge in [-0.3, -0.25) is 9.89 Å². The van der Waals surface area contributed by atoms with Crippen LogP contribution in [-0.4, -0.2) is 42.0 Å². The van der Waals surface area contributed by atoms with E-state index in [1.54, 1.807) is 0 Å². The molecular weight excluding hydrogens is 222 g/mol. The fraction of sp³-hybridized carbons (Fsp3) is 0.636. The van der Waals surface area contributed by atoms with Crippen molar-refractivity contribution < 1.29 is 14.3 Å². The molecule has 0 radical (unpaired) electrons. The first-order valence-corrected chi connectivity index (χ1v) is 5.84. The number of nitrogens with one attached hydrogen (secondary N) is 2. The van der Waals surface area contributed by atoms with E-state index in [0.717, 1.165) is 18.5 Å². The first kappa shape index (κ1) is 12.1. The Morgan fingerprint density at radius 2 is 2.53 bits per heavy atom. The molecule has 1 aliphatic rings. The molecule has 1 atom stereocenters. The minimum absolute atomic E-state index is 0.209. The molecule has 1 saturated heterocycles. The van der Waals surface area contributed by atoms with Crippen molar-refractivity contribution in [2.45, 2.75) is 25.9 Å². The highest BCUT2D eigenvalue weighted by atomic mass is 16.6. The molecule has 94 valence electrons. The molecule has 0 bridgehead atoms. The Morgan fingerprint density at radius 3 is 3.24 bits per heavy atom. The summed E-state index contributed by atoms with van der Waals surface area (Å²) in [7, 11) is 0. The Morgan fingerprint density at radius 1 is 1.65 bits per heavy atom. The van der Waals surface area contributed by atoms with E-state index >= 15 is 0 Å². The first-order chi connectivity index (χ1) is 8.29. The van der Waals surface area contributed by atoms with Gasteiger partial charge in [-0.1, -0.05) is 13.3 Å². The van der Waals surface area contributed by atoms with Gasteiger partial charge in [0.05, 0.1) is 19.8 Å². The predicted octanol–water partition coefficient (Wildman–Crippen LogP) is 0.716. The fourth-order valence-electron chi connectivity index (χ4n) is 1.67. The lowest BCUT2D eigenvalue weighted by molar-refractivity contribution is -0.142. The third-order valence-electron chi connectivity index (χ3n) is 2.51. The van der Waals surface area contributed by atoms with Crippen LogP contribution in [0.1, 0.15) is 19.0 Å². The van der Waals surface area contributed by atoms with Gasteiger partial charge in [0.15, 0.2) is 11.9 Å². The zero-order valence-corrected chi connectivity index (χ0v) is 9.86. The van der Waals surface area contributed by atoms with Gasteiger partial charge in [0.2, 0.25) is 0 Å². The maximum atomic E-state index is 11.8. The molecule has 0 aliphatic carbocycles. The van der Waals surface area contributed by atoms with Gasteiger partial charge in [-0.05, 0) is 6.42 Å². The minimum atomic E-state index is -0.532. The van der Waals surface area contributed by atoms with Crippen LogP contribution in [0.15, 0.2) is 6.07 Å². The van der Waals surface area contributed by atoms with Crippen LogP contribution in [-0.2, 0) is 20.7 Å². The summed E-state index contributed by atoms with van der Waals surface area (Å²) in [4.78, 5) is 11.8. The van der Waals surface area contributed by atoms with E-state index in [1.807, 2.05) is 6.07 Å². The summed E-state index contributed by atoms with van der Waals surface area (Å²) < 4.78 is 10.5. The van der Waals surface area contributed by atoms with Crippen molar-refractivity contribution in [2.75, 3.05) is 25.1 Å². The number of amides is 1. The van der Waals surface area contributed by atoms with E-state index < -0.39 is 6.10 Å². The number of aromatic nitrogens is 2. The molecule has 1 aliphatic heterocycles. The molecule has 1 fully saturated rings. The van der Waals surface area contributed by atoms with Gasteiger partial charge < -0.3 is 14.8 Å². The van der Waals surface area contributed by atoms with Crippen LogP contribution in [0.2, 0.25) is 0 Å². The number of hydrogen-bond acceptors (Lipinski definition) is 4. The lowest BCUT2D eigenvalue weighted by Crippen LogP contribution is -2.39. The highest BCUT2D eigenvalue weighted by Crippen LogP contribution is 2.09. The molecule has 2 heterocycles. The van der Waals surface area contributed by atoms with E-state index in [-0.39, 0.29) is 5.91 Å². The molecule has 1 aromatic rings. The van der Waals surface area contributed by atoms with E-state index in [2.05, 4.69) is 22.4 Å². The van der Waals surface area contributed by atoms with Crippen molar-refractivity contribution in [1.82, 2.24) is 10.2 Å². The average molecular weight is 239 g/mol. The monoisotopic (exact) mass is 239 g/mol. The summed E-state index contributed by atoms with van der Waals surface area (Å²) in [6.07, 6.45) is 1.43. The quantitative estimate of drug-likeness (QED) is 0.811. The van der Waals surface area contributed by atoms with Gasteiger partial charge in [0, 0.05) is 11.8 Å². The van der Waals surface area contributed by atoms with Crippen molar-refractivity contribution in [3.63, 3.8) is 0 Å². The van der Waals surface area contributed by atoms with Crippen molar-refractivity contribution in [3.8, 4) is 0 Å². The number of nitrogens with zero attached hydrogens (tertiary/aromatic N) is 1. The Bertz CT molecular complexity index is 372. The third-order valence-corrected chi connectivity index (χ3v) is 2.51. The molecule has 2 N–H and O–H groups in total. The molecule has 17 heavy (non-hydrogen) atoms. The number of hydrogen-bond donors (Lipinski definition) is 2. The Balaban J connectivity index is 1.88. The number of aryl methyl sites for hydroxylation is 1. The molecule has 2 rings (SSSR count). The Kier molecular flexibility index (Phi) is 4.11. The molecular formula is C11H17N3O3. The summed E-state index contributed by atoms with van der Waals surface area (Å²) >= 11 is 0. The fourth-order valence-corrected chi connectivity index (χ4v) is 1.67. The zero-order chi connectivity index (χ0) is 12.1. The summed E-state index contributed by atoms with van der Waals surface area (Å²) in [5.74, 6) is 0.326. The smallest absolute Gasteiger partial charge is 0.257 e. The topological polar surface area (TPSA) is 76.2 Å². The van der Waals surface area contributed by atoms with Crippen molar-refractivity contribution in [1.29, 1.82) is 0 Å². The number of carbonyl (C=O) groups excluding carboxylic acids is 1. The SMILES string of the molecule is CCCc1cc(NC(=O)C2COCCO2)n[nH]1. The van der Waals surface area contributed by atoms with Crippen molar-refractivity contribution in [2.24, 2.45) is 0 Å². The Labute approximate surface area is 99.7 Å². The summed E-state index contributed by atoms with van der Waals surface area (Å²) in [5, 5.41) is 9.60. The molecule has 6 heteroatoms. The molecule has 1 unspecified atom stereocenters. The predicted molar refractivity (Wildman–Crippen MR) is 61.8 cm³/mol. The largest absolute Gasteiger partial charge is 0.376 e. The molecule has 1 amide bonds. The van der Waals surface area contributed by atoms with Crippen molar-refractivity contribution >= 4 is 11.7 Å². The maximum Gasteiger partial charge on any atom is 0.257 e. The number of aromatic amines is 1. The zero-order valence-electron chi connectivity index (χ0n) is 9.86. The summed E-state index contributed by atoms with van der Waals surface area (Å²) in [6.45, 7) is 3.40. The second-order valence-electron chi connectivity index (χ2n) is 3.95. The van der Waals surface area contributed by atoms with Crippen LogP contribution in [0, 0.1) is 0 Å². The molecule has 0 aromatic carbocycles. The number of rotatable bonds is 4. The normalized spacial score (nSPS) is 20.2. The van der Waals surface area contributed by atoms with Gasteiger partial charge in [0.1, 0.15) is 0 Å². The lowest BCUT2D eigenvalue weighted by Gasteiger charge is -2.21. The molecule has 0 saturated carbocycles. The third kappa shape index (κ3) is 3.28. The highest BCUT2D eigenvalue weighted by molar-refractivity contribution is 5.93. The first-order valence-electron chi connectivity index (χ1n) is 5.84. The van der Waals surface area contributed by atoms with Gasteiger partial charge in [-0.15, -0.1) is 0 Å². The highest BCUT2D eigenvalue weighted by Gasteiger charge is 2.23. The van der Waals surface area contributed by atoms with Gasteiger partial charge in [-0.25, -0.2) is 0 Å². The second kappa shape index (κ2) is 5.79. The van der Waals surface area contributed by atoms with Crippen LogP contribution in [0.5, 0.6) is 0 Å². The van der Waals surface area contributed by atoms with E-state index in [9.17, 15) is 4.79 Å². The number of carbonyl (C=O) groups is 1. The maximum absolute atomic E-state index is 11.8. The lowest BCUT2D eigenvalue weighted by atomic mass is 10.2. The van der Waals surface area contributed by atoms with E-state index in [4.69, 9.17) is 9.47 Å². The second-order valence-corrected chi connectivity index (χ2v) is 3.95. The van der Waals surface area contributed by atoms with Crippen LogP contribution < -0.4 is 5.32 Å². The number of anilines is 1. The van der Waals surface area contributed by atoms with Crippen LogP contribution in [0.4, 0.5) is 5.82 Å². The minimum Gasteiger partial charge on any atom is -0.376 e. The van der Waals surface area contributed by atoms with Crippen LogP contribution in [0.25, 0.3) is 0 Å². The van der Waals surface area contributed by atoms with Crippen LogP contribution >= 0.6 is 0 Å². The van der Waals surface area contributed by atoms with E-state index in [1.165, 1.54) is 0 Å². The molecule has 1 aromatic heterocycles.